The third-order valence-corrected chi connectivity index (χ3v) is 9.81. The van der Waals surface area contributed by atoms with Crippen molar-refractivity contribution in [1.29, 1.82) is 0 Å². The SMILES string of the molecule is c1ccc([Se]c2cccc3cccc(P(c4ccccc4)c4ccccc4)c23)cc1. The van der Waals surface area contributed by atoms with Crippen LogP contribution in [0.3, 0.4) is 0 Å². The molecule has 0 nitrogen and oxygen atoms in total. The van der Waals surface area contributed by atoms with E-state index in [2.05, 4.69) is 127 Å². The van der Waals surface area contributed by atoms with Crippen LogP contribution in [0.15, 0.2) is 127 Å². The molecule has 5 rings (SSSR count). The Labute approximate surface area is 185 Å². The molecule has 2 heteroatoms. The molecule has 0 heterocycles. The van der Waals surface area contributed by atoms with Crippen molar-refractivity contribution in [2.45, 2.75) is 0 Å². The molecule has 0 spiro atoms. The number of hydrogen-bond donors (Lipinski definition) is 0. The van der Waals surface area contributed by atoms with Gasteiger partial charge < -0.3 is 0 Å². The Kier molecular flexibility index (Phi) is 5.78. The summed E-state index contributed by atoms with van der Waals surface area (Å²) in [6.07, 6.45) is 0. The summed E-state index contributed by atoms with van der Waals surface area (Å²) in [6, 6.07) is 46.5. The molecule has 0 bridgehead atoms. The van der Waals surface area contributed by atoms with Crippen molar-refractivity contribution in [2.75, 3.05) is 0 Å². The van der Waals surface area contributed by atoms with E-state index < -0.39 is 7.92 Å². The molecule has 0 radical (unpaired) electrons. The molecule has 0 saturated carbocycles. The summed E-state index contributed by atoms with van der Waals surface area (Å²) in [4.78, 5) is 0. The third kappa shape index (κ3) is 3.98. The predicted octanol–water partition coefficient (Wildman–Crippen LogP) is 4.25. The molecule has 0 aliphatic heterocycles. The topological polar surface area (TPSA) is 0 Å². The van der Waals surface area contributed by atoms with Crippen molar-refractivity contribution < 1.29 is 0 Å². The van der Waals surface area contributed by atoms with Gasteiger partial charge in [-0.3, -0.25) is 0 Å². The zero-order valence-corrected chi connectivity index (χ0v) is 19.1. The summed E-state index contributed by atoms with van der Waals surface area (Å²) < 4.78 is 2.87. The molecule has 0 amide bonds. The first kappa shape index (κ1) is 19.3. The monoisotopic (exact) mass is 468 g/mol. The van der Waals surface area contributed by atoms with Crippen molar-refractivity contribution >= 4 is 58.5 Å². The van der Waals surface area contributed by atoms with Crippen LogP contribution >= 0.6 is 7.92 Å². The number of benzene rings is 5. The van der Waals surface area contributed by atoms with Crippen molar-refractivity contribution in [2.24, 2.45) is 0 Å². The Morgan fingerprint density at radius 1 is 0.467 bits per heavy atom. The maximum absolute atomic E-state index is 2.35. The molecule has 0 atom stereocenters. The zero-order chi connectivity index (χ0) is 20.2. The van der Waals surface area contributed by atoms with Gasteiger partial charge in [-0.05, 0) is 0 Å². The van der Waals surface area contributed by atoms with Crippen LogP contribution in [0, 0.1) is 0 Å². The first-order valence-electron chi connectivity index (χ1n) is 10.0. The van der Waals surface area contributed by atoms with E-state index in [1.165, 1.54) is 35.6 Å². The van der Waals surface area contributed by atoms with Gasteiger partial charge in [-0.1, -0.05) is 0 Å². The van der Waals surface area contributed by atoms with Crippen LogP contribution in [0.1, 0.15) is 0 Å². The molecule has 0 fully saturated rings. The second-order valence-electron chi connectivity index (χ2n) is 7.05. The summed E-state index contributed by atoms with van der Waals surface area (Å²) in [5.74, 6) is 0. The average molecular weight is 467 g/mol. The van der Waals surface area contributed by atoms with E-state index in [4.69, 9.17) is 0 Å². The molecular formula is C28H21PSe. The molecule has 0 unspecified atom stereocenters. The van der Waals surface area contributed by atoms with Crippen LogP contribution in [-0.4, -0.2) is 15.0 Å². The quantitative estimate of drug-likeness (QED) is 0.268. The summed E-state index contributed by atoms with van der Waals surface area (Å²) in [6.45, 7) is 0. The second-order valence-corrected chi connectivity index (χ2v) is 11.6. The van der Waals surface area contributed by atoms with Crippen molar-refractivity contribution in [3.63, 3.8) is 0 Å². The fourth-order valence-electron chi connectivity index (χ4n) is 3.76. The van der Waals surface area contributed by atoms with Crippen LogP contribution in [0.2, 0.25) is 0 Å². The summed E-state index contributed by atoms with van der Waals surface area (Å²) in [7, 11) is -0.627. The van der Waals surface area contributed by atoms with E-state index in [0.29, 0.717) is 0 Å². The van der Waals surface area contributed by atoms with Gasteiger partial charge in [0.05, 0.1) is 0 Å². The van der Waals surface area contributed by atoms with Crippen molar-refractivity contribution in [3.05, 3.63) is 127 Å². The summed E-state index contributed by atoms with van der Waals surface area (Å²) in [5, 5.41) is 7.01. The number of hydrogen-bond acceptors (Lipinski definition) is 0. The average Bonchev–Trinajstić information content (AvgIpc) is 2.82. The van der Waals surface area contributed by atoms with Gasteiger partial charge in [0.2, 0.25) is 0 Å². The molecule has 30 heavy (non-hydrogen) atoms. The van der Waals surface area contributed by atoms with Crippen LogP contribution in [0.5, 0.6) is 0 Å². The van der Waals surface area contributed by atoms with Gasteiger partial charge in [0.25, 0.3) is 0 Å². The van der Waals surface area contributed by atoms with E-state index in [1.54, 1.807) is 0 Å². The van der Waals surface area contributed by atoms with Crippen LogP contribution in [0.4, 0.5) is 0 Å². The number of rotatable bonds is 5. The minimum atomic E-state index is -0.627. The Balaban J connectivity index is 1.74. The van der Waals surface area contributed by atoms with Gasteiger partial charge in [-0.15, -0.1) is 0 Å². The molecule has 0 aliphatic carbocycles. The molecular weight excluding hydrogens is 446 g/mol. The third-order valence-electron chi connectivity index (χ3n) is 5.09. The standard InChI is InChI=1S/C28H21PSe/c1-4-14-23(15-5-1)29(24-16-6-2-7-17-24)26-20-10-12-22-13-11-21-27(28(22)26)30-25-18-8-3-9-19-25/h1-21H. The fourth-order valence-corrected chi connectivity index (χ4v) is 8.58. The maximum atomic E-state index is 2.35. The van der Waals surface area contributed by atoms with E-state index in [1.807, 2.05) is 0 Å². The molecule has 0 N–H and O–H groups in total. The van der Waals surface area contributed by atoms with Gasteiger partial charge in [-0.2, -0.15) is 0 Å². The van der Waals surface area contributed by atoms with E-state index in [-0.39, 0.29) is 15.0 Å². The minimum absolute atomic E-state index is 0.269. The summed E-state index contributed by atoms with van der Waals surface area (Å²) in [5.41, 5.74) is 0. The first-order chi connectivity index (χ1) is 14.9. The molecule has 0 aliphatic rings. The summed E-state index contributed by atoms with van der Waals surface area (Å²) >= 11 is 0.269. The van der Waals surface area contributed by atoms with E-state index >= 15 is 0 Å². The zero-order valence-electron chi connectivity index (χ0n) is 16.5. The first-order valence-corrected chi connectivity index (χ1v) is 13.1. The van der Waals surface area contributed by atoms with Gasteiger partial charge in [0.1, 0.15) is 0 Å². The van der Waals surface area contributed by atoms with E-state index in [9.17, 15) is 0 Å². The Bertz CT molecular complexity index is 1210. The molecule has 0 aromatic heterocycles. The van der Waals surface area contributed by atoms with Gasteiger partial charge in [0, 0.05) is 0 Å². The van der Waals surface area contributed by atoms with Crippen LogP contribution in [0.25, 0.3) is 10.8 Å². The Morgan fingerprint density at radius 3 is 1.60 bits per heavy atom. The molecule has 5 aromatic carbocycles. The fraction of sp³-hybridized carbons (Fsp3) is 0. The Morgan fingerprint density at radius 2 is 1.00 bits per heavy atom. The van der Waals surface area contributed by atoms with Crippen LogP contribution < -0.4 is 24.8 Å². The van der Waals surface area contributed by atoms with Gasteiger partial charge in [0.15, 0.2) is 0 Å². The second kappa shape index (κ2) is 8.98. The van der Waals surface area contributed by atoms with Crippen molar-refractivity contribution in [1.82, 2.24) is 0 Å². The Hall–Kier alpha value is -2.69. The number of fused-ring (bicyclic) bond motifs is 1. The van der Waals surface area contributed by atoms with Crippen LogP contribution in [-0.2, 0) is 0 Å². The molecule has 5 aromatic rings. The molecule has 0 saturated heterocycles. The normalized spacial score (nSPS) is 11.1. The van der Waals surface area contributed by atoms with Gasteiger partial charge in [-0.25, -0.2) is 0 Å². The van der Waals surface area contributed by atoms with E-state index in [0.717, 1.165) is 0 Å². The van der Waals surface area contributed by atoms with Gasteiger partial charge >= 0.3 is 186 Å². The molecule has 144 valence electrons. The van der Waals surface area contributed by atoms with Crippen molar-refractivity contribution in [3.8, 4) is 0 Å². The predicted molar refractivity (Wildman–Crippen MR) is 134 cm³/mol.